The summed E-state index contributed by atoms with van der Waals surface area (Å²) >= 11 is 0. The highest BCUT2D eigenvalue weighted by Gasteiger charge is 2.28. The number of hydrogen-bond acceptors (Lipinski definition) is 4. The lowest BCUT2D eigenvalue weighted by Crippen LogP contribution is -2.43. The van der Waals surface area contributed by atoms with E-state index in [1.165, 1.54) is 0 Å². The van der Waals surface area contributed by atoms with E-state index < -0.39 is 0 Å². The van der Waals surface area contributed by atoms with Crippen LogP contribution in [0.15, 0.2) is 18.2 Å². The molecule has 4 heteroatoms. The van der Waals surface area contributed by atoms with Crippen LogP contribution in [0.5, 0.6) is 17.2 Å². The van der Waals surface area contributed by atoms with Crippen molar-refractivity contribution in [3.8, 4) is 17.2 Å². The maximum Gasteiger partial charge on any atom is 0.127 e. The maximum absolute atomic E-state index is 6.13. The van der Waals surface area contributed by atoms with Crippen molar-refractivity contribution >= 4 is 0 Å². The van der Waals surface area contributed by atoms with Crippen LogP contribution in [0, 0.1) is 0 Å². The molecule has 0 spiro atoms. The van der Waals surface area contributed by atoms with E-state index in [1.54, 1.807) is 14.2 Å². The zero-order valence-corrected chi connectivity index (χ0v) is 11.3. The summed E-state index contributed by atoms with van der Waals surface area (Å²) in [5, 5.41) is 3.34. The first-order valence-corrected chi connectivity index (χ1v) is 6.28. The Kier molecular flexibility index (Phi) is 3.97. The number of nitrogens with one attached hydrogen (secondary N) is 1. The molecule has 1 saturated heterocycles. The highest BCUT2D eigenvalue weighted by molar-refractivity contribution is 5.42. The van der Waals surface area contributed by atoms with Crippen molar-refractivity contribution in [2.75, 3.05) is 27.3 Å². The molecule has 1 heterocycles. The second-order valence-electron chi connectivity index (χ2n) is 4.85. The van der Waals surface area contributed by atoms with E-state index in [-0.39, 0.29) is 5.60 Å². The molecule has 1 aliphatic rings. The van der Waals surface area contributed by atoms with Crippen LogP contribution in [-0.2, 0) is 0 Å². The first-order chi connectivity index (χ1) is 8.65. The van der Waals surface area contributed by atoms with Gasteiger partial charge in [-0.05, 0) is 32.9 Å². The SMILES string of the molecule is COc1cc(OC)cc(OC2(C)CCNCC2)c1. The summed E-state index contributed by atoms with van der Waals surface area (Å²) in [5.41, 5.74) is -0.109. The smallest absolute Gasteiger partial charge is 0.127 e. The van der Waals surface area contributed by atoms with Gasteiger partial charge in [0.25, 0.3) is 0 Å². The summed E-state index contributed by atoms with van der Waals surface area (Å²) in [4.78, 5) is 0. The Morgan fingerprint density at radius 3 is 1.94 bits per heavy atom. The van der Waals surface area contributed by atoms with Crippen LogP contribution in [-0.4, -0.2) is 32.9 Å². The molecule has 0 amide bonds. The lowest BCUT2D eigenvalue weighted by atomic mass is 9.94. The Hall–Kier alpha value is -1.42. The molecule has 0 atom stereocenters. The van der Waals surface area contributed by atoms with Gasteiger partial charge in [0.05, 0.1) is 14.2 Å². The predicted octanol–water partition coefficient (Wildman–Crippen LogP) is 2.22. The molecule has 100 valence electrons. The van der Waals surface area contributed by atoms with E-state index in [9.17, 15) is 0 Å². The van der Waals surface area contributed by atoms with Crippen LogP contribution >= 0.6 is 0 Å². The Labute approximate surface area is 108 Å². The van der Waals surface area contributed by atoms with Crippen molar-refractivity contribution in [3.05, 3.63) is 18.2 Å². The molecule has 0 aliphatic carbocycles. The van der Waals surface area contributed by atoms with E-state index in [1.807, 2.05) is 18.2 Å². The molecule has 0 aromatic heterocycles. The van der Waals surface area contributed by atoms with Crippen molar-refractivity contribution in [1.29, 1.82) is 0 Å². The van der Waals surface area contributed by atoms with Crippen LogP contribution in [0.25, 0.3) is 0 Å². The van der Waals surface area contributed by atoms with Crippen LogP contribution in [0.3, 0.4) is 0 Å². The quantitative estimate of drug-likeness (QED) is 0.890. The van der Waals surface area contributed by atoms with E-state index >= 15 is 0 Å². The topological polar surface area (TPSA) is 39.7 Å². The molecule has 0 radical (unpaired) electrons. The molecule has 1 aromatic rings. The van der Waals surface area contributed by atoms with Gasteiger partial charge in [-0.2, -0.15) is 0 Å². The van der Waals surface area contributed by atoms with Gasteiger partial charge in [0, 0.05) is 18.2 Å². The third-order valence-corrected chi connectivity index (χ3v) is 3.35. The Bertz CT molecular complexity index is 378. The minimum atomic E-state index is -0.109. The molecule has 18 heavy (non-hydrogen) atoms. The van der Waals surface area contributed by atoms with Gasteiger partial charge in [0.2, 0.25) is 0 Å². The summed E-state index contributed by atoms with van der Waals surface area (Å²) in [6.07, 6.45) is 2.01. The highest BCUT2D eigenvalue weighted by atomic mass is 16.5. The fraction of sp³-hybridized carbons (Fsp3) is 0.571. The van der Waals surface area contributed by atoms with E-state index in [4.69, 9.17) is 14.2 Å². The van der Waals surface area contributed by atoms with Crippen molar-refractivity contribution in [2.45, 2.75) is 25.4 Å². The van der Waals surface area contributed by atoms with Gasteiger partial charge in [-0.15, -0.1) is 0 Å². The van der Waals surface area contributed by atoms with Gasteiger partial charge in [-0.3, -0.25) is 0 Å². The minimum Gasteiger partial charge on any atom is -0.496 e. The first-order valence-electron chi connectivity index (χ1n) is 6.28. The molecule has 1 aromatic carbocycles. The molecule has 1 N–H and O–H groups in total. The maximum atomic E-state index is 6.13. The molecular weight excluding hydrogens is 230 g/mol. The van der Waals surface area contributed by atoms with Gasteiger partial charge in [0.1, 0.15) is 22.8 Å². The van der Waals surface area contributed by atoms with Crippen LogP contribution in [0.1, 0.15) is 19.8 Å². The van der Waals surface area contributed by atoms with Crippen molar-refractivity contribution < 1.29 is 14.2 Å². The summed E-state index contributed by atoms with van der Waals surface area (Å²) in [6, 6.07) is 5.64. The Balaban J connectivity index is 2.16. The normalized spacial score (nSPS) is 18.2. The summed E-state index contributed by atoms with van der Waals surface area (Å²) in [5.74, 6) is 2.30. The van der Waals surface area contributed by atoms with Gasteiger partial charge in [-0.1, -0.05) is 0 Å². The van der Waals surface area contributed by atoms with Gasteiger partial charge < -0.3 is 19.5 Å². The van der Waals surface area contributed by atoms with Gasteiger partial charge in [0.15, 0.2) is 0 Å². The average Bonchev–Trinajstić information content (AvgIpc) is 2.38. The second kappa shape index (κ2) is 5.48. The molecular formula is C14H21NO3. The van der Waals surface area contributed by atoms with E-state index in [0.717, 1.165) is 43.2 Å². The van der Waals surface area contributed by atoms with Gasteiger partial charge in [-0.25, -0.2) is 0 Å². The summed E-state index contributed by atoms with van der Waals surface area (Å²) in [7, 11) is 3.29. The largest absolute Gasteiger partial charge is 0.496 e. The van der Waals surface area contributed by atoms with Crippen molar-refractivity contribution in [2.24, 2.45) is 0 Å². The number of benzene rings is 1. The molecule has 0 bridgehead atoms. The third-order valence-electron chi connectivity index (χ3n) is 3.35. The molecule has 2 rings (SSSR count). The number of rotatable bonds is 4. The summed E-state index contributed by atoms with van der Waals surface area (Å²) < 4.78 is 16.6. The monoisotopic (exact) mass is 251 g/mol. The van der Waals surface area contributed by atoms with E-state index in [0.29, 0.717) is 0 Å². The predicted molar refractivity (Wildman–Crippen MR) is 70.7 cm³/mol. The van der Waals surface area contributed by atoms with Gasteiger partial charge >= 0.3 is 0 Å². The van der Waals surface area contributed by atoms with Crippen LogP contribution in [0.2, 0.25) is 0 Å². The molecule has 1 aliphatic heterocycles. The molecule has 1 fully saturated rings. The second-order valence-corrected chi connectivity index (χ2v) is 4.85. The summed E-state index contributed by atoms with van der Waals surface area (Å²) in [6.45, 7) is 4.15. The fourth-order valence-electron chi connectivity index (χ4n) is 2.18. The third kappa shape index (κ3) is 3.07. The number of piperidine rings is 1. The number of methoxy groups -OCH3 is 2. The average molecular weight is 251 g/mol. The Morgan fingerprint density at radius 2 is 1.44 bits per heavy atom. The van der Waals surface area contributed by atoms with Crippen LogP contribution in [0.4, 0.5) is 0 Å². The number of hydrogen-bond donors (Lipinski definition) is 1. The fourth-order valence-corrected chi connectivity index (χ4v) is 2.18. The van der Waals surface area contributed by atoms with Crippen molar-refractivity contribution in [1.82, 2.24) is 5.32 Å². The lowest BCUT2D eigenvalue weighted by Gasteiger charge is -2.34. The molecule has 4 nitrogen and oxygen atoms in total. The minimum absolute atomic E-state index is 0.109. The first kappa shape index (κ1) is 13.0. The highest BCUT2D eigenvalue weighted by Crippen LogP contribution is 2.32. The van der Waals surface area contributed by atoms with Crippen molar-refractivity contribution in [3.63, 3.8) is 0 Å². The molecule has 0 saturated carbocycles. The zero-order chi connectivity index (χ0) is 13.0. The lowest BCUT2D eigenvalue weighted by molar-refractivity contribution is 0.0552. The van der Waals surface area contributed by atoms with Crippen LogP contribution < -0.4 is 19.5 Å². The number of ether oxygens (including phenoxy) is 3. The molecule has 0 unspecified atom stereocenters. The Morgan fingerprint density at radius 1 is 0.944 bits per heavy atom. The standard InChI is InChI=1S/C14H21NO3/c1-14(4-6-15-7-5-14)18-13-9-11(16-2)8-12(10-13)17-3/h8-10,15H,4-7H2,1-3H3. The zero-order valence-electron chi connectivity index (χ0n) is 11.3. The van der Waals surface area contributed by atoms with E-state index in [2.05, 4.69) is 12.2 Å².